The van der Waals surface area contributed by atoms with Crippen molar-refractivity contribution >= 4 is 0 Å². The largest absolute Gasteiger partial charge is 0.382 e. The van der Waals surface area contributed by atoms with E-state index in [4.69, 9.17) is 4.74 Å². The molecular weight excluding hydrogens is 274 g/mol. The van der Waals surface area contributed by atoms with Crippen molar-refractivity contribution in [1.29, 1.82) is 0 Å². The Morgan fingerprint density at radius 2 is 2.00 bits per heavy atom. The van der Waals surface area contributed by atoms with Crippen molar-refractivity contribution in [3.8, 4) is 0 Å². The molecule has 120 valence electrons. The third kappa shape index (κ3) is 3.27. The number of likely N-dealkylation sites (tertiary alicyclic amines) is 1. The molecule has 0 aromatic heterocycles. The molecule has 1 aromatic carbocycles. The van der Waals surface area contributed by atoms with Crippen LogP contribution in [-0.4, -0.2) is 49.5 Å². The topological polar surface area (TPSA) is 29.5 Å². The van der Waals surface area contributed by atoms with E-state index in [-0.39, 0.29) is 12.0 Å². The van der Waals surface area contributed by atoms with E-state index in [0.29, 0.717) is 6.61 Å². The normalized spacial score (nSPS) is 29.6. The van der Waals surface area contributed by atoms with Crippen LogP contribution >= 0.6 is 0 Å². The first-order chi connectivity index (χ1) is 10.5. The lowest BCUT2D eigenvalue weighted by Gasteiger charge is -2.34. The number of hydrogen-bond donors (Lipinski definition) is 1. The molecule has 3 nitrogen and oxygen atoms in total. The zero-order chi connectivity index (χ0) is 15.6. The Morgan fingerprint density at radius 3 is 2.59 bits per heavy atom. The fraction of sp³-hybridized carbons (Fsp3) is 0.579. The molecule has 1 saturated heterocycles. The number of ether oxygens (including phenoxy) is 1. The van der Waals surface area contributed by atoms with Crippen molar-refractivity contribution in [3.05, 3.63) is 48.0 Å². The van der Waals surface area contributed by atoms with Gasteiger partial charge in [0.1, 0.15) is 18.2 Å². The highest BCUT2D eigenvalue weighted by Crippen LogP contribution is 2.37. The molecule has 0 amide bonds. The highest BCUT2D eigenvalue weighted by molar-refractivity contribution is 5.26. The van der Waals surface area contributed by atoms with Gasteiger partial charge in [-0.25, -0.2) is 0 Å². The second-order valence-electron chi connectivity index (χ2n) is 7.47. The zero-order valence-electron chi connectivity index (χ0n) is 13.7. The molecule has 0 bridgehead atoms. The van der Waals surface area contributed by atoms with E-state index in [1.807, 2.05) is 30.3 Å². The van der Waals surface area contributed by atoms with Gasteiger partial charge >= 0.3 is 0 Å². The summed E-state index contributed by atoms with van der Waals surface area (Å²) in [7, 11) is 4.49. The molecule has 0 spiro atoms. The second-order valence-corrected chi connectivity index (χ2v) is 7.47. The van der Waals surface area contributed by atoms with Gasteiger partial charge in [-0.1, -0.05) is 42.5 Å². The predicted molar refractivity (Wildman–Crippen MR) is 88.4 cm³/mol. The fourth-order valence-corrected chi connectivity index (χ4v) is 3.77. The average molecular weight is 302 g/mol. The van der Waals surface area contributed by atoms with E-state index in [2.05, 4.69) is 26.2 Å². The predicted octanol–water partition coefficient (Wildman–Crippen LogP) is 2.71. The molecule has 3 rings (SSSR count). The van der Waals surface area contributed by atoms with Crippen molar-refractivity contribution in [1.82, 2.24) is 0 Å². The molecule has 1 heterocycles. The van der Waals surface area contributed by atoms with E-state index >= 15 is 0 Å². The Labute approximate surface area is 133 Å². The minimum absolute atomic E-state index is 0.152. The molecule has 0 radical (unpaired) electrons. The molecule has 0 saturated carbocycles. The Hall–Kier alpha value is -1.16. The number of likely N-dealkylation sites (N-methyl/N-ethyl adjacent to an activating group) is 1. The number of rotatable bonds is 5. The van der Waals surface area contributed by atoms with Crippen LogP contribution in [0.2, 0.25) is 0 Å². The lowest BCUT2D eigenvalue weighted by molar-refractivity contribution is -0.879. The van der Waals surface area contributed by atoms with Gasteiger partial charge in [0.15, 0.2) is 0 Å². The van der Waals surface area contributed by atoms with Crippen LogP contribution in [0.25, 0.3) is 0 Å². The third-order valence-electron chi connectivity index (χ3n) is 5.19. The van der Waals surface area contributed by atoms with Crippen molar-refractivity contribution < 1.29 is 14.3 Å². The van der Waals surface area contributed by atoms with Gasteiger partial charge in [-0.3, -0.25) is 0 Å². The quantitative estimate of drug-likeness (QED) is 0.669. The average Bonchev–Trinajstić information content (AvgIpc) is 3.15. The van der Waals surface area contributed by atoms with E-state index in [1.54, 1.807) is 0 Å². The molecule has 1 fully saturated rings. The Bertz CT molecular complexity index is 525. The van der Waals surface area contributed by atoms with Gasteiger partial charge < -0.3 is 14.3 Å². The molecule has 3 heteroatoms. The number of quaternary nitrogens is 1. The summed E-state index contributed by atoms with van der Waals surface area (Å²) in [4.78, 5) is 0. The first-order valence-corrected chi connectivity index (χ1v) is 8.38. The van der Waals surface area contributed by atoms with Crippen LogP contribution in [0.4, 0.5) is 0 Å². The minimum Gasteiger partial charge on any atom is -0.382 e. The standard InChI is InChI=1S/C19H28NO2/c1-20(2)13-12-18(14-20)22-15-19(21,17-10-6-7-11-17)16-8-4-3-5-9-16/h3-6,8-10,17-18,21H,7,11-15H2,1-2H3/q+1/t17?,18-,19-/m0/s1. The lowest BCUT2D eigenvalue weighted by Crippen LogP contribution is -2.41. The highest BCUT2D eigenvalue weighted by Gasteiger charge is 2.40. The van der Waals surface area contributed by atoms with Crippen LogP contribution in [0.15, 0.2) is 42.5 Å². The summed E-state index contributed by atoms with van der Waals surface area (Å²) < 4.78 is 7.18. The van der Waals surface area contributed by atoms with Crippen LogP contribution in [-0.2, 0) is 10.3 Å². The van der Waals surface area contributed by atoms with Crippen molar-refractivity contribution in [2.24, 2.45) is 5.92 Å². The smallest absolute Gasteiger partial charge is 0.119 e. The summed E-state index contributed by atoms with van der Waals surface area (Å²) in [6.45, 7) is 2.57. The summed E-state index contributed by atoms with van der Waals surface area (Å²) in [5, 5.41) is 11.4. The first-order valence-electron chi connectivity index (χ1n) is 8.38. The van der Waals surface area contributed by atoms with Gasteiger partial charge in [0.25, 0.3) is 0 Å². The maximum Gasteiger partial charge on any atom is 0.119 e. The van der Waals surface area contributed by atoms with Crippen molar-refractivity contribution in [2.75, 3.05) is 33.8 Å². The number of nitrogens with zero attached hydrogens (tertiary/aromatic N) is 1. The van der Waals surface area contributed by atoms with E-state index in [1.165, 1.54) is 0 Å². The van der Waals surface area contributed by atoms with E-state index in [9.17, 15) is 5.11 Å². The van der Waals surface area contributed by atoms with Gasteiger partial charge in [0, 0.05) is 12.3 Å². The second kappa shape index (κ2) is 6.15. The molecule has 1 aromatic rings. The summed E-state index contributed by atoms with van der Waals surface area (Å²) in [5.74, 6) is 0.152. The summed E-state index contributed by atoms with van der Waals surface area (Å²) in [6.07, 6.45) is 7.72. The van der Waals surface area contributed by atoms with E-state index in [0.717, 1.165) is 42.4 Å². The molecule has 22 heavy (non-hydrogen) atoms. The molecule has 3 atom stereocenters. The van der Waals surface area contributed by atoms with Gasteiger partial charge in [0.2, 0.25) is 0 Å². The molecular formula is C19H28NO2+. The first kappa shape index (κ1) is 15.7. The number of hydrogen-bond acceptors (Lipinski definition) is 2. The summed E-state index contributed by atoms with van der Waals surface area (Å²) in [5.41, 5.74) is 0.0619. The van der Waals surface area contributed by atoms with Crippen LogP contribution in [0.5, 0.6) is 0 Å². The van der Waals surface area contributed by atoms with Crippen LogP contribution in [0.1, 0.15) is 24.8 Å². The van der Waals surface area contributed by atoms with Crippen molar-refractivity contribution in [3.63, 3.8) is 0 Å². The molecule has 1 N–H and O–H groups in total. The van der Waals surface area contributed by atoms with Crippen molar-refractivity contribution in [2.45, 2.75) is 31.0 Å². The monoisotopic (exact) mass is 302 g/mol. The van der Waals surface area contributed by atoms with Crippen LogP contribution in [0.3, 0.4) is 0 Å². The lowest BCUT2D eigenvalue weighted by atomic mass is 9.81. The van der Waals surface area contributed by atoms with Crippen LogP contribution in [0, 0.1) is 5.92 Å². The Balaban J connectivity index is 1.73. The maximum absolute atomic E-state index is 11.4. The fourth-order valence-electron chi connectivity index (χ4n) is 3.77. The maximum atomic E-state index is 11.4. The Kier molecular flexibility index (Phi) is 4.40. The molecule has 1 unspecified atom stereocenters. The zero-order valence-corrected chi connectivity index (χ0v) is 13.7. The van der Waals surface area contributed by atoms with E-state index < -0.39 is 5.60 Å². The van der Waals surface area contributed by atoms with Crippen LogP contribution < -0.4 is 0 Å². The number of allylic oxidation sites excluding steroid dienone is 1. The van der Waals surface area contributed by atoms with Gasteiger partial charge in [-0.2, -0.15) is 0 Å². The summed E-state index contributed by atoms with van der Waals surface area (Å²) in [6, 6.07) is 10.0. The molecule has 1 aliphatic carbocycles. The third-order valence-corrected chi connectivity index (χ3v) is 5.19. The number of aliphatic hydroxyl groups is 1. The number of benzene rings is 1. The minimum atomic E-state index is -0.909. The molecule has 2 aliphatic rings. The SMILES string of the molecule is C[N+]1(C)CC[C@H](OC[C@](O)(c2ccccc2)C2C=CCC2)C1. The highest BCUT2D eigenvalue weighted by atomic mass is 16.5. The van der Waals surface area contributed by atoms with Gasteiger partial charge in [-0.05, 0) is 18.4 Å². The Morgan fingerprint density at radius 1 is 1.23 bits per heavy atom. The summed E-state index contributed by atoms with van der Waals surface area (Å²) >= 11 is 0. The van der Waals surface area contributed by atoms with Gasteiger partial charge in [0.05, 0.1) is 27.2 Å². The molecule has 1 aliphatic heterocycles. The van der Waals surface area contributed by atoms with Gasteiger partial charge in [-0.15, -0.1) is 0 Å².